The van der Waals surface area contributed by atoms with Crippen LogP contribution in [0.4, 0.5) is 8.78 Å². The summed E-state index contributed by atoms with van der Waals surface area (Å²) in [5, 5.41) is 0. The zero-order valence-electron chi connectivity index (χ0n) is 12.0. The second-order valence-corrected chi connectivity index (χ2v) is 5.27. The Kier molecular flexibility index (Phi) is 5.25. The van der Waals surface area contributed by atoms with Gasteiger partial charge in [-0.3, -0.25) is 4.79 Å². The van der Waals surface area contributed by atoms with Crippen molar-refractivity contribution in [3.05, 3.63) is 35.4 Å². The molecule has 0 radical (unpaired) electrons. The van der Waals surface area contributed by atoms with Gasteiger partial charge in [0.05, 0.1) is 12.5 Å². The minimum Gasteiger partial charge on any atom is -0.381 e. The molecule has 1 amide bonds. The number of hydrogen-bond acceptors (Lipinski definition) is 3. The molecule has 1 aromatic carbocycles. The van der Waals surface area contributed by atoms with Gasteiger partial charge in [-0.05, 0) is 31.0 Å². The highest BCUT2D eigenvalue weighted by Gasteiger charge is 2.30. The van der Waals surface area contributed by atoms with Crippen molar-refractivity contribution in [3.8, 4) is 0 Å². The number of rotatable bonds is 4. The molecule has 2 unspecified atom stereocenters. The molecule has 2 N–H and O–H groups in total. The minimum absolute atomic E-state index is 0.0737. The first kappa shape index (κ1) is 15.9. The fourth-order valence-corrected chi connectivity index (χ4v) is 2.72. The molecule has 1 aliphatic heterocycles. The first-order valence-corrected chi connectivity index (χ1v) is 7.01. The highest BCUT2D eigenvalue weighted by atomic mass is 19.1. The highest BCUT2D eigenvalue weighted by molar-refractivity contribution is 5.79. The van der Waals surface area contributed by atoms with Gasteiger partial charge in [0.15, 0.2) is 0 Å². The van der Waals surface area contributed by atoms with Crippen LogP contribution in [0.3, 0.4) is 0 Å². The average Bonchev–Trinajstić information content (AvgIpc) is 2.50. The predicted octanol–water partition coefficient (Wildman–Crippen LogP) is 1.47. The number of likely N-dealkylation sites (tertiary alicyclic amines) is 1. The smallest absolute Gasteiger partial charge is 0.227 e. The first-order valence-electron chi connectivity index (χ1n) is 7.01. The van der Waals surface area contributed by atoms with E-state index in [1.807, 2.05) is 0 Å². The molecule has 1 fully saturated rings. The number of carbonyl (C=O) groups is 1. The topological polar surface area (TPSA) is 55.6 Å². The summed E-state index contributed by atoms with van der Waals surface area (Å²) in [4.78, 5) is 14.0. The summed E-state index contributed by atoms with van der Waals surface area (Å²) < 4.78 is 32.1. The van der Waals surface area contributed by atoms with Crippen LogP contribution in [0, 0.1) is 11.6 Å². The van der Waals surface area contributed by atoms with Crippen LogP contribution in [0.2, 0.25) is 0 Å². The summed E-state index contributed by atoms with van der Waals surface area (Å²) in [5.74, 6) is -1.35. The van der Waals surface area contributed by atoms with Crippen molar-refractivity contribution in [2.75, 3.05) is 20.2 Å². The molecule has 0 aromatic heterocycles. The Morgan fingerprint density at radius 1 is 1.48 bits per heavy atom. The number of methoxy groups -OCH3 is 1. The minimum atomic E-state index is -0.569. The van der Waals surface area contributed by atoms with Crippen molar-refractivity contribution in [1.29, 1.82) is 0 Å². The molecular formula is C15H20F2N2O2. The van der Waals surface area contributed by atoms with Crippen molar-refractivity contribution >= 4 is 5.91 Å². The number of piperidine rings is 1. The maximum absolute atomic E-state index is 13.6. The van der Waals surface area contributed by atoms with E-state index >= 15 is 0 Å². The maximum Gasteiger partial charge on any atom is 0.227 e. The van der Waals surface area contributed by atoms with E-state index in [0.29, 0.717) is 19.5 Å². The van der Waals surface area contributed by atoms with Gasteiger partial charge in [-0.2, -0.15) is 0 Å². The molecule has 1 aliphatic rings. The Hall–Kier alpha value is -1.53. The summed E-state index contributed by atoms with van der Waals surface area (Å²) in [5.41, 5.74) is 5.79. The van der Waals surface area contributed by atoms with Crippen LogP contribution < -0.4 is 5.73 Å². The van der Waals surface area contributed by atoms with Crippen LogP contribution in [0.1, 0.15) is 18.4 Å². The van der Waals surface area contributed by atoms with Crippen LogP contribution in [-0.2, 0) is 16.0 Å². The molecule has 21 heavy (non-hydrogen) atoms. The lowest BCUT2D eigenvalue weighted by molar-refractivity contribution is -0.136. The molecule has 2 atom stereocenters. The fraction of sp³-hybridized carbons (Fsp3) is 0.533. The summed E-state index contributed by atoms with van der Waals surface area (Å²) in [6.07, 6.45) is 1.33. The zero-order valence-corrected chi connectivity index (χ0v) is 12.0. The van der Waals surface area contributed by atoms with E-state index in [9.17, 15) is 13.6 Å². The number of nitrogens with two attached hydrogens (primary N) is 1. The number of benzene rings is 1. The Bertz CT molecular complexity index is 510. The second kappa shape index (κ2) is 6.95. The van der Waals surface area contributed by atoms with Gasteiger partial charge in [0.1, 0.15) is 11.6 Å². The van der Waals surface area contributed by atoms with Crippen molar-refractivity contribution in [2.45, 2.75) is 31.4 Å². The molecular weight excluding hydrogens is 278 g/mol. The average molecular weight is 298 g/mol. The Labute approximate surface area is 122 Å². The summed E-state index contributed by atoms with van der Waals surface area (Å²) >= 11 is 0. The number of halogens is 2. The number of carbonyl (C=O) groups excluding carboxylic acids is 1. The lowest BCUT2D eigenvalue weighted by Crippen LogP contribution is -2.51. The molecule has 116 valence electrons. The molecule has 2 rings (SSSR count). The van der Waals surface area contributed by atoms with Crippen molar-refractivity contribution in [1.82, 2.24) is 4.90 Å². The predicted molar refractivity (Wildman–Crippen MR) is 74.6 cm³/mol. The van der Waals surface area contributed by atoms with Crippen LogP contribution in [-0.4, -0.2) is 43.2 Å². The maximum atomic E-state index is 13.6. The number of hydrogen-bond donors (Lipinski definition) is 1. The van der Waals surface area contributed by atoms with Gasteiger partial charge in [0.2, 0.25) is 5.91 Å². The standard InChI is InChI=1S/C15H20F2N2O2/c1-21-13-4-5-19(12(8-13)9-18)15(20)7-10-6-11(16)2-3-14(10)17/h2-3,6,12-13H,4-5,7-9,18H2,1H3. The summed E-state index contributed by atoms with van der Waals surface area (Å²) in [6.45, 7) is 0.855. The summed E-state index contributed by atoms with van der Waals surface area (Å²) in [6, 6.07) is 3.02. The number of nitrogens with zero attached hydrogens (tertiary/aromatic N) is 1. The summed E-state index contributed by atoms with van der Waals surface area (Å²) in [7, 11) is 1.64. The fourth-order valence-electron chi connectivity index (χ4n) is 2.72. The molecule has 4 nitrogen and oxygen atoms in total. The Balaban J connectivity index is 2.07. The van der Waals surface area contributed by atoms with Crippen molar-refractivity contribution in [2.24, 2.45) is 5.73 Å². The molecule has 6 heteroatoms. The molecule has 1 saturated heterocycles. The van der Waals surface area contributed by atoms with E-state index in [2.05, 4.69) is 0 Å². The molecule has 0 saturated carbocycles. The monoisotopic (exact) mass is 298 g/mol. The number of ether oxygens (including phenoxy) is 1. The lowest BCUT2D eigenvalue weighted by atomic mass is 9.98. The van der Waals surface area contributed by atoms with Gasteiger partial charge in [0, 0.05) is 31.8 Å². The van der Waals surface area contributed by atoms with E-state index < -0.39 is 11.6 Å². The van der Waals surface area contributed by atoms with Crippen LogP contribution >= 0.6 is 0 Å². The second-order valence-electron chi connectivity index (χ2n) is 5.27. The third kappa shape index (κ3) is 3.77. The Morgan fingerprint density at radius 2 is 2.24 bits per heavy atom. The van der Waals surface area contributed by atoms with Crippen LogP contribution in [0.15, 0.2) is 18.2 Å². The third-order valence-corrected chi connectivity index (χ3v) is 3.94. The van der Waals surface area contributed by atoms with E-state index in [-0.39, 0.29) is 30.0 Å². The van der Waals surface area contributed by atoms with E-state index in [1.165, 1.54) is 0 Å². The SMILES string of the molecule is COC1CCN(C(=O)Cc2cc(F)ccc2F)C(CN)C1. The van der Waals surface area contributed by atoms with Gasteiger partial charge < -0.3 is 15.4 Å². The van der Waals surface area contributed by atoms with Gasteiger partial charge in [-0.15, -0.1) is 0 Å². The molecule has 1 heterocycles. The van der Waals surface area contributed by atoms with E-state index in [4.69, 9.17) is 10.5 Å². The van der Waals surface area contributed by atoms with Gasteiger partial charge >= 0.3 is 0 Å². The first-order chi connectivity index (χ1) is 10.0. The van der Waals surface area contributed by atoms with E-state index in [0.717, 1.165) is 24.6 Å². The van der Waals surface area contributed by atoms with Gasteiger partial charge in [0.25, 0.3) is 0 Å². The normalized spacial score (nSPS) is 22.4. The Morgan fingerprint density at radius 3 is 2.90 bits per heavy atom. The third-order valence-electron chi connectivity index (χ3n) is 3.94. The quantitative estimate of drug-likeness (QED) is 0.916. The molecule has 0 bridgehead atoms. The van der Waals surface area contributed by atoms with Crippen molar-refractivity contribution < 1.29 is 18.3 Å². The number of amides is 1. The van der Waals surface area contributed by atoms with Crippen LogP contribution in [0.25, 0.3) is 0 Å². The van der Waals surface area contributed by atoms with Gasteiger partial charge in [-0.1, -0.05) is 0 Å². The highest BCUT2D eigenvalue weighted by Crippen LogP contribution is 2.21. The van der Waals surface area contributed by atoms with Gasteiger partial charge in [-0.25, -0.2) is 8.78 Å². The van der Waals surface area contributed by atoms with Crippen LogP contribution in [0.5, 0.6) is 0 Å². The zero-order chi connectivity index (χ0) is 15.4. The molecule has 0 aliphatic carbocycles. The molecule has 0 spiro atoms. The largest absolute Gasteiger partial charge is 0.381 e. The lowest BCUT2D eigenvalue weighted by Gasteiger charge is -2.38. The molecule has 1 aromatic rings. The van der Waals surface area contributed by atoms with Crippen molar-refractivity contribution in [3.63, 3.8) is 0 Å². The van der Waals surface area contributed by atoms with E-state index in [1.54, 1.807) is 12.0 Å².